The summed E-state index contributed by atoms with van der Waals surface area (Å²) in [6, 6.07) is 9.93. The molecule has 0 saturated carbocycles. The van der Waals surface area contributed by atoms with Crippen molar-refractivity contribution in [2.75, 3.05) is 5.73 Å². The number of anilines is 1. The van der Waals surface area contributed by atoms with E-state index in [4.69, 9.17) is 5.73 Å². The van der Waals surface area contributed by atoms with Gasteiger partial charge in [-0.15, -0.1) is 0 Å². The molecule has 0 amide bonds. The molecule has 1 aromatic carbocycles. The highest BCUT2D eigenvalue weighted by atomic mass is 79.9. The highest BCUT2D eigenvalue weighted by Gasteiger charge is 2.07. The summed E-state index contributed by atoms with van der Waals surface area (Å²) < 4.78 is 1.06. The van der Waals surface area contributed by atoms with E-state index in [1.165, 1.54) is 0 Å². The molecule has 0 aliphatic heterocycles. The predicted molar refractivity (Wildman–Crippen MR) is 73.6 cm³/mol. The van der Waals surface area contributed by atoms with Crippen molar-refractivity contribution in [2.45, 2.75) is 0 Å². The third-order valence-electron chi connectivity index (χ3n) is 2.71. The van der Waals surface area contributed by atoms with Crippen LogP contribution < -0.4 is 5.73 Å². The molecule has 0 aliphatic rings. The third kappa shape index (κ3) is 1.80. The Morgan fingerprint density at radius 2 is 2.06 bits per heavy atom. The Bertz CT molecular complexity index is 671. The lowest BCUT2D eigenvalue weighted by molar-refractivity contribution is 1.33. The SMILES string of the molecule is Nc1ccc(-c2c[nH]c3ccc(Br)cc23)nc1. The second-order valence-electron chi connectivity index (χ2n) is 3.87. The molecule has 2 aromatic heterocycles. The Morgan fingerprint density at radius 1 is 1.18 bits per heavy atom. The van der Waals surface area contributed by atoms with Crippen LogP contribution in [-0.4, -0.2) is 9.97 Å². The molecule has 17 heavy (non-hydrogen) atoms. The Kier molecular flexibility index (Phi) is 2.37. The van der Waals surface area contributed by atoms with E-state index in [2.05, 4.69) is 32.0 Å². The maximum absolute atomic E-state index is 5.64. The van der Waals surface area contributed by atoms with E-state index in [0.29, 0.717) is 5.69 Å². The fourth-order valence-corrected chi connectivity index (χ4v) is 2.23. The van der Waals surface area contributed by atoms with Gasteiger partial charge >= 0.3 is 0 Å². The van der Waals surface area contributed by atoms with Crippen LogP contribution in [0.25, 0.3) is 22.2 Å². The summed E-state index contributed by atoms with van der Waals surface area (Å²) >= 11 is 3.48. The molecule has 4 heteroatoms. The summed E-state index contributed by atoms with van der Waals surface area (Å²) in [6.45, 7) is 0. The first-order chi connectivity index (χ1) is 8.24. The number of hydrogen-bond donors (Lipinski definition) is 2. The van der Waals surface area contributed by atoms with Gasteiger partial charge in [0.15, 0.2) is 0 Å². The zero-order valence-corrected chi connectivity index (χ0v) is 10.5. The van der Waals surface area contributed by atoms with E-state index in [-0.39, 0.29) is 0 Å². The van der Waals surface area contributed by atoms with Crippen LogP contribution in [0, 0.1) is 0 Å². The molecule has 0 spiro atoms. The summed E-state index contributed by atoms with van der Waals surface area (Å²) in [7, 11) is 0. The van der Waals surface area contributed by atoms with Crippen molar-refractivity contribution in [3.05, 3.63) is 47.2 Å². The Balaban J connectivity index is 2.23. The van der Waals surface area contributed by atoms with E-state index >= 15 is 0 Å². The number of nitrogens with two attached hydrogens (primary N) is 1. The van der Waals surface area contributed by atoms with Crippen molar-refractivity contribution in [3.63, 3.8) is 0 Å². The van der Waals surface area contributed by atoms with Crippen molar-refractivity contribution in [2.24, 2.45) is 0 Å². The molecule has 0 atom stereocenters. The van der Waals surface area contributed by atoms with Crippen molar-refractivity contribution in [1.29, 1.82) is 0 Å². The molecular weight excluding hydrogens is 278 g/mol. The number of hydrogen-bond acceptors (Lipinski definition) is 2. The smallest absolute Gasteiger partial charge is 0.0725 e. The maximum Gasteiger partial charge on any atom is 0.0725 e. The van der Waals surface area contributed by atoms with Crippen LogP contribution in [0.4, 0.5) is 5.69 Å². The van der Waals surface area contributed by atoms with E-state index in [9.17, 15) is 0 Å². The first-order valence-electron chi connectivity index (χ1n) is 5.22. The minimum atomic E-state index is 0.676. The number of rotatable bonds is 1. The second kappa shape index (κ2) is 3.89. The van der Waals surface area contributed by atoms with E-state index in [0.717, 1.165) is 26.6 Å². The second-order valence-corrected chi connectivity index (χ2v) is 4.78. The molecule has 0 unspecified atom stereocenters. The summed E-state index contributed by atoms with van der Waals surface area (Å²) in [4.78, 5) is 7.58. The molecule has 2 heterocycles. The number of pyridine rings is 1. The van der Waals surface area contributed by atoms with Gasteiger partial charge in [-0.25, -0.2) is 0 Å². The van der Waals surface area contributed by atoms with Gasteiger partial charge in [-0.3, -0.25) is 4.98 Å². The summed E-state index contributed by atoms with van der Waals surface area (Å²) in [5.74, 6) is 0. The Hall–Kier alpha value is -1.81. The molecule has 0 bridgehead atoms. The molecule has 3 aromatic rings. The predicted octanol–water partition coefficient (Wildman–Crippen LogP) is 3.57. The molecule has 3 rings (SSSR count). The van der Waals surface area contributed by atoms with Gasteiger partial charge in [0.05, 0.1) is 17.6 Å². The first-order valence-corrected chi connectivity index (χ1v) is 6.02. The van der Waals surface area contributed by atoms with Crippen LogP contribution in [0.15, 0.2) is 47.2 Å². The number of fused-ring (bicyclic) bond motifs is 1. The zero-order chi connectivity index (χ0) is 11.8. The number of nitrogen functional groups attached to an aromatic ring is 1. The van der Waals surface area contributed by atoms with Crippen molar-refractivity contribution >= 4 is 32.5 Å². The average molecular weight is 288 g/mol. The molecule has 84 valence electrons. The Morgan fingerprint density at radius 3 is 2.82 bits per heavy atom. The largest absolute Gasteiger partial charge is 0.397 e. The number of aromatic nitrogens is 2. The molecule has 3 nitrogen and oxygen atoms in total. The molecule has 0 fully saturated rings. The monoisotopic (exact) mass is 287 g/mol. The minimum Gasteiger partial charge on any atom is -0.397 e. The number of nitrogens with zero attached hydrogens (tertiary/aromatic N) is 1. The fraction of sp³-hybridized carbons (Fsp3) is 0. The van der Waals surface area contributed by atoms with Crippen LogP contribution in [-0.2, 0) is 0 Å². The fourth-order valence-electron chi connectivity index (χ4n) is 1.87. The lowest BCUT2D eigenvalue weighted by atomic mass is 10.1. The van der Waals surface area contributed by atoms with Crippen LogP contribution in [0.1, 0.15) is 0 Å². The van der Waals surface area contributed by atoms with Gasteiger partial charge in [0.2, 0.25) is 0 Å². The summed E-state index contributed by atoms with van der Waals surface area (Å²) in [6.07, 6.45) is 3.64. The van der Waals surface area contributed by atoms with Crippen molar-refractivity contribution in [3.8, 4) is 11.3 Å². The Labute approximate surface area is 107 Å². The minimum absolute atomic E-state index is 0.676. The first kappa shape index (κ1) is 10.4. The van der Waals surface area contributed by atoms with E-state index < -0.39 is 0 Å². The van der Waals surface area contributed by atoms with Gasteiger partial charge in [-0.2, -0.15) is 0 Å². The van der Waals surface area contributed by atoms with Crippen LogP contribution in [0.5, 0.6) is 0 Å². The number of benzene rings is 1. The van der Waals surface area contributed by atoms with Gasteiger partial charge in [0.1, 0.15) is 0 Å². The highest BCUT2D eigenvalue weighted by molar-refractivity contribution is 9.10. The lowest BCUT2D eigenvalue weighted by Crippen LogP contribution is -1.87. The van der Waals surface area contributed by atoms with Gasteiger partial charge < -0.3 is 10.7 Å². The number of nitrogens with one attached hydrogen (secondary N) is 1. The molecule has 0 aliphatic carbocycles. The summed E-state index contributed by atoms with van der Waals surface area (Å²) in [5.41, 5.74) is 9.42. The summed E-state index contributed by atoms with van der Waals surface area (Å²) in [5, 5.41) is 1.15. The standard InChI is InChI=1S/C13H10BrN3/c14-8-1-3-12-10(5-8)11(7-17-12)13-4-2-9(15)6-16-13/h1-7,17H,15H2. The van der Waals surface area contributed by atoms with E-state index in [1.807, 2.05) is 30.5 Å². The molecule has 0 saturated heterocycles. The number of halogens is 1. The van der Waals surface area contributed by atoms with Gasteiger partial charge in [0.25, 0.3) is 0 Å². The van der Waals surface area contributed by atoms with Gasteiger partial charge in [-0.1, -0.05) is 15.9 Å². The normalized spacial score (nSPS) is 10.9. The maximum atomic E-state index is 5.64. The highest BCUT2D eigenvalue weighted by Crippen LogP contribution is 2.29. The van der Waals surface area contributed by atoms with E-state index in [1.54, 1.807) is 6.20 Å². The van der Waals surface area contributed by atoms with Gasteiger partial charge in [-0.05, 0) is 30.3 Å². The third-order valence-corrected chi connectivity index (χ3v) is 3.20. The quantitative estimate of drug-likeness (QED) is 0.719. The topological polar surface area (TPSA) is 54.7 Å². The molecule has 0 radical (unpaired) electrons. The van der Waals surface area contributed by atoms with Gasteiger partial charge in [0, 0.05) is 27.1 Å². The number of aromatic amines is 1. The average Bonchev–Trinajstić information content (AvgIpc) is 2.73. The van der Waals surface area contributed by atoms with Crippen molar-refractivity contribution in [1.82, 2.24) is 9.97 Å². The van der Waals surface area contributed by atoms with Crippen molar-refractivity contribution < 1.29 is 0 Å². The lowest BCUT2D eigenvalue weighted by Gasteiger charge is -1.99. The molecule has 3 N–H and O–H groups in total. The van der Waals surface area contributed by atoms with Crippen LogP contribution >= 0.6 is 15.9 Å². The zero-order valence-electron chi connectivity index (χ0n) is 8.94. The van der Waals surface area contributed by atoms with Crippen LogP contribution in [0.2, 0.25) is 0 Å². The molecular formula is C13H10BrN3. The van der Waals surface area contributed by atoms with Crippen LogP contribution in [0.3, 0.4) is 0 Å². The number of H-pyrrole nitrogens is 1.